The van der Waals surface area contributed by atoms with Crippen molar-refractivity contribution < 1.29 is 5.11 Å². The smallest absolute Gasteiger partial charge is 0.185 e. The Labute approximate surface area is 101 Å². The topological polar surface area (TPSA) is 36.4 Å². The molecule has 0 amide bonds. The van der Waals surface area contributed by atoms with E-state index >= 15 is 0 Å². The summed E-state index contributed by atoms with van der Waals surface area (Å²) in [6, 6.07) is 0. The summed E-state index contributed by atoms with van der Waals surface area (Å²) < 4.78 is 0. The molecule has 0 saturated carbocycles. The third kappa shape index (κ3) is 2.55. The molecule has 1 saturated heterocycles. The molecule has 2 heterocycles. The van der Waals surface area contributed by atoms with Crippen molar-refractivity contribution >= 4 is 16.5 Å². The molecule has 2 rings (SSSR count). The van der Waals surface area contributed by atoms with Crippen molar-refractivity contribution in [3.05, 3.63) is 11.1 Å². The Morgan fingerprint density at radius 2 is 2.50 bits per heavy atom. The van der Waals surface area contributed by atoms with Crippen molar-refractivity contribution in [2.75, 3.05) is 18.0 Å². The number of aromatic nitrogens is 1. The molecule has 1 aliphatic rings. The summed E-state index contributed by atoms with van der Waals surface area (Å²) in [5.74, 6) is 0.813. The average Bonchev–Trinajstić information content (AvgIpc) is 2.78. The van der Waals surface area contributed by atoms with Crippen LogP contribution in [0.5, 0.6) is 0 Å². The van der Waals surface area contributed by atoms with Crippen LogP contribution >= 0.6 is 11.3 Å². The molecule has 1 aliphatic heterocycles. The summed E-state index contributed by atoms with van der Waals surface area (Å²) >= 11 is 1.62. The van der Waals surface area contributed by atoms with Crippen molar-refractivity contribution in [2.24, 2.45) is 5.92 Å². The Bertz CT molecular complexity index is 338. The van der Waals surface area contributed by atoms with Crippen LogP contribution in [0.25, 0.3) is 0 Å². The van der Waals surface area contributed by atoms with Gasteiger partial charge in [-0.25, -0.2) is 4.98 Å². The first kappa shape index (κ1) is 11.9. The first-order chi connectivity index (χ1) is 7.70. The van der Waals surface area contributed by atoms with Crippen LogP contribution in [0.2, 0.25) is 0 Å². The molecule has 90 valence electrons. The van der Waals surface area contributed by atoms with E-state index in [1.165, 1.54) is 19.3 Å². The lowest BCUT2D eigenvalue weighted by atomic mass is 9.96. The van der Waals surface area contributed by atoms with Crippen LogP contribution < -0.4 is 4.90 Å². The van der Waals surface area contributed by atoms with Gasteiger partial charge in [-0.1, -0.05) is 24.7 Å². The molecular formula is C12H20N2OS. The summed E-state index contributed by atoms with van der Waals surface area (Å²) in [4.78, 5) is 7.75. The summed E-state index contributed by atoms with van der Waals surface area (Å²) in [6.45, 7) is 6.30. The Hall–Kier alpha value is -0.610. The van der Waals surface area contributed by atoms with Gasteiger partial charge < -0.3 is 10.0 Å². The zero-order valence-electron chi connectivity index (χ0n) is 10.0. The van der Waals surface area contributed by atoms with Gasteiger partial charge in [-0.3, -0.25) is 0 Å². The Balaban J connectivity index is 2.05. The van der Waals surface area contributed by atoms with Gasteiger partial charge in [-0.2, -0.15) is 0 Å². The molecule has 3 nitrogen and oxygen atoms in total. The second kappa shape index (κ2) is 5.15. The molecule has 1 fully saturated rings. The van der Waals surface area contributed by atoms with E-state index in [9.17, 15) is 5.11 Å². The van der Waals surface area contributed by atoms with Crippen molar-refractivity contribution in [1.82, 2.24) is 4.98 Å². The fourth-order valence-corrected chi connectivity index (χ4v) is 3.08. The Morgan fingerprint density at radius 3 is 3.12 bits per heavy atom. The van der Waals surface area contributed by atoms with Crippen LogP contribution in [-0.4, -0.2) is 23.2 Å². The van der Waals surface area contributed by atoms with Gasteiger partial charge in [0.05, 0.1) is 11.0 Å². The van der Waals surface area contributed by atoms with Gasteiger partial charge in [0.2, 0.25) is 0 Å². The van der Waals surface area contributed by atoms with Gasteiger partial charge in [0.1, 0.15) is 0 Å². The summed E-state index contributed by atoms with van der Waals surface area (Å²) in [6.07, 6.45) is 5.28. The first-order valence-electron chi connectivity index (χ1n) is 6.09. The van der Waals surface area contributed by atoms with Gasteiger partial charge in [0.15, 0.2) is 5.13 Å². The monoisotopic (exact) mass is 240 g/mol. The molecule has 0 aliphatic carbocycles. The minimum atomic E-state index is -0.391. The highest BCUT2D eigenvalue weighted by molar-refractivity contribution is 7.15. The summed E-state index contributed by atoms with van der Waals surface area (Å²) in [7, 11) is 0. The fraction of sp³-hybridized carbons (Fsp3) is 0.750. The molecule has 0 aromatic carbocycles. The van der Waals surface area contributed by atoms with Crippen LogP contribution in [0.1, 0.15) is 44.1 Å². The minimum absolute atomic E-state index is 0.391. The number of hydrogen-bond donors (Lipinski definition) is 1. The second-order valence-electron chi connectivity index (χ2n) is 4.58. The van der Waals surface area contributed by atoms with E-state index < -0.39 is 6.10 Å². The van der Waals surface area contributed by atoms with E-state index in [0.717, 1.165) is 29.0 Å². The van der Waals surface area contributed by atoms with Gasteiger partial charge in [-0.05, 0) is 25.7 Å². The molecule has 16 heavy (non-hydrogen) atoms. The molecule has 1 N–H and O–H groups in total. The zero-order valence-corrected chi connectivity index (χ0v) is 10.8. The lowest BCUT2D eigenvalue weighted by Gasteiger charge is -2.31. The molecule has 4 heteroatoms. The van der Waals surface area contributed by atoms with E-state index in [0.29, 0.717) is 0 Å². The SMILES string of the molecule is CCC1CCCN(c2ncc(C(C)O)s2)C1. The lowest BCUT2D eigenvalue weighted by molar-refractivity contribution is 0.203. The normalized spacial score (nSPS) is 23.4. The second-order valence-corrected chi connectivity index (χ2v) is 5.62. The Morgan fingerprint density at radius 1 is 1.69 bits per heavy atom. The van der Waals surface area contributed by atoms with E-state index in [1.807, 2.05) is 0 Å². The summed E-state index contributed by atoms with van der Waals surface area (Å²) in [5.41, 5.74) is 0. The molecule has 2 unspecified atom stereocenters. The average molecular weight is 240 g/mol. The van der Waals surface area contributed by atoms with Crippen molar-refractivity contribution in [3.63, 3.8) is 0 Å². The lowest BCUT2D eigenvalue weighted by Crippen LogP contribution is -2.34. The highest BCUT2D eigenvalue weighted by atomic mass is 32.1. The van der Waals surface area contributed by atoms with E-state index in [2.05, 4.69) is 16.8 Å². The van der Waals surface area contributed by atoms with Crippen LogP contribution in [0.3, 0.4) is 0 Å². The highest BCUT2D eigenvalue weighted by Gasteiger charge is 2.21. The van der Waals surface area contributed by atoms with Crippen LogP contribution in [-0.2, 0) is 0 Å². The maximum absolute atomic E-state index is 9.49. The number of aliphatic hydroxyl groups is 1. The van der Waals surface area contributed by atoms with Crippen molar-refractivity contribution in [1.29, 1.82) is 0 Å². The maximum atomic E-state index is 9.49. The zero-order chi connectivity index (χ0) is 11.5. The van der Waals surface area contributed by atoms with Gasteiger partial charge >= 0.3 is 0 Å². The van der Waals surface area contributed by atoms with Crippen LogP contribution in [0.4, 0.5) is 5.13 Å². The minimum Gasteiger partial charge on any atom is -0.388 e. The maximum Gasteiger partial charge on any atom is 0.185 e. The number of thiazole rings is 1. The fourth-order valence-electron chi connectivity index (χ4n) is 2.19. The largest absolute Gasteiger partial charge is 0.388 e. The van der Waals surface area contributed by atoms with E-state index in [-0.39, 0.29) is 0 Å². The number of rotatable bonds is 3. The van der Waals surface area contributed by atoms with Crippen LogP contribution in [0.15, 0.2) is 6.20 Å². The summed E-state index contributed by atoms with van der Waals surface area (Å²) in [5, 5.41) is 10.6. The van der Waals surface area contributed by atoms with E-state index in [4.69, 9.17) is 0 Å². The molecule has 1 aromatic heterocycles. The molecule has 0 radical (unpaired) electrons. The van der Waals surface area contributed by atoms with Crippen molar-refractivity contribution in [3.8, 4) is 0 Å². The predicted octanol–water partition coefficient (Wildman–Crippen LogP) is 2.82. The van der Waals surface area contributed by atoms with Crippen molar-refractivity contribution in [2.45, 2.75) is 39.2 Å². The van der Waals surface area contributed by atoms with Gasteiger partial charge in [-0.15, -0.1) is 0 Å². The van der Waals surface area contributed by atoms with Gasteiger partial charge in [0.25, 0.3) is 0 Å². The number of hydrogen-bond acceptors (Lipinski definition) is 4. The highest BCUT2D eigenvalue weighted by Crippen LogP contribution is 2.30. The molecular weight excluding hydrogens is 220 g/mol. The van der Waals surface area contributed by atoms with Gasteiger partial charge in [0, 0.05) is 19.3 Å². The standard InChI is InChI=1S/C12H20N2OS/c1-3-10-5-4-6-14(8-10)12-13-7-11(16-12)9(2)15/h7,9-10,15H,3-6,8H2,1-2H3. The molecule has 2 atom stereocenters. The first-order valence-corrected chi connectivity index (χ1v) is 6.91. The molecule has 0 bridgehead atoms. The van der Waals surface area contributed by atoms with E-state index in [1.54, 1.807) is 24.5 Å². The predicted molar refractivity (Wildman–Crippen MR) is 68.0 cm³/mol. The quantitative estimate of drug-likeness (QED) is 0.882. The number of anilines is 1. The number of aliphatic hydroxyl groups excluding tert-OH is 1. The number of piperidine rings is 1. The number of nitrogens with zero attached hydrogens (tertiary/aromatic N) is 2. The Kier molecular flexibility index (Phi) is 3.82. The third-order valence-electron chi connectivity index (χ3n) is 3.29. The third-order valence-corrected chi connectivity index (χ3v) is 4.52. The van der Waals surface area contributed by atoms with Crippen LogP contribution in [0, 0.1) is 5.92 Å². The molecule has 0 spiro atoms. The molecule has 1 aromatic rings.